The van der Waals surface area contributed by atoms with Crippen LogP contribution in [0.4, 0.5) is 11.4 Å². The van der Waals surface area contributed by atoms with Gasteiger partial charge < -0.3 is 10.2 Å². The summed E-state index contributed by atoms with van der Waals surface area (Å²) in [5.41, 5.74) is 2.36. The molecule has 2 aromatic rings. The van der Waals surface area contributed by atoms with Crippen molar-refractivity contribution in [2.24, 2.45) is 5.92 Å². The number of sulfonamides is 1. The number of aryl methyl sites for hydroxylation is 1. The number of hydrogen-bond donors (Lipinski definition) is 2. The molecule has 2 aliphatic rings. The Morgan fingerprint density at radius 1 is 1.03 bits per heavy atom. The first kappa shape index (κ1) is 22.5. The molecule has 8 heteroatoms. The van der Waals surface area contributed by atoms with Crippen molar-refractivity contribution in [2.45, 2.75) is 56.4 Å². The third-order valence-electron chi connectivity index (χ3n) is 6.17. The summed E-state index contributed by atoms with van der Waals surface area (Å²) in [6, 6.07) is 13.8. The fourth-order valence-electron chi connectivity index (χ4n) is 4.40. The number of rotatable bonds is 6. The van der Waals surface area contributed by atoms with Crippen LogP contribution >= 0.6 is 0 Å². The molecule has 0 radical (unpaired) electrons. The van der Waals surface area contributed by atoms with Crippen molar-refractivity contribution in [2.75, 3.05) is 16.8 Å². The molecule has 1 aliphatic carbocycles. The molecule has 1 unspecified atom stereocenters. The Hall–Kier alpha value is -2.71. The monoisotopic (exact) mass is 455 g/mol. The molecule has 0 aromatic heterocycles. The van der Waals surface area contributed by atoms with E-state index >= 15 is 0 Å². The molecule has 7 nitrogen and oxygen atoms in total. The summed E-state index contributed by atoms with van der Waals surface area (Å²) < 4.78 is 28.1. The number of anilines is 2. The Bertz CT molecular complexity index is 1090. The van der Waals surface area contributed by atoms with Gasteiger partial charge in [-0.3, -0.25) is 9.59 Å². The van der Waals surface area contributed by atoms with Gasteiger partial charge in [0.25, 0.3) is 0 Å². The maximum absolute atomic E-state index is 12.7. The van der Waals surface area contributed by atoms with Gasteiger partial charge in [-0.2, -0.15) is 0 Å². The van der Waals surface area contributed by atoms with Crippen LogP contribution in [0.3, 0.4) is 0 Å². The lowest BCUT2D eigenvalue weighted by molar-refractivity contribution is -0.122. The van der Waals surface area contributed by atoms with Crippen LogP contribution in [0, 0.1) is 12.8 Å². The minimum Gasteiger partial charge on any atom is -0.326 e. The van der Waals surface area contributed by atoms with Gasteiger partial charge in [0.15, 0.2) is 0 Å². The summed E-state index contributed by atoms with van der Waals surface area (Å²) in [5.74, 6) is -0.783. The second-order valence-electron chi connectivity index (χ2n) is 8.71. The quantitative estimate of drug-likeness (QED) is 0.696. The number of carbonyl (C=O) groups is 2. The molecule has 2 fully saturated rings. The molecule has 32 heavy (non-hydrogen) atoms. The average molecular weight is 456 g/mol. The standard InChI is InChI=1S/C24H29N3O4S/c1-17-6-5-9-21(14-17)27-16-18(15-23(27)28)24(29)25-19-10-12-22(13-11-19)32(30,31)26-20-7-3-2-4-8-20/h5-6,9-14,18,20,26H,2-4,7-8,15-16H2,1H3,(H,25,29). The zero-order chi connectivity index (χ0) is 22.7. The number of amides is 2. The summed E-state index contributed by atoms with van der Waals surface area (Å²) >= 11 is 0. The molecule has 1 aliphatic heterocycles. The molecule has 2 N–H and O–H groups in total. The first-order valence-electron chi connectivity index (χ1n) is 11.1. The maximum Gasteiger partial charge on any atom is 0.240 e. The number of benzene rings is 2. The molecule has 1 saturated carbocycles. The van der Waals surface area contributed by atoms with E-state index in [0.717, 1.165) is 43.4 Å². The van der Waals surface area contributed by atoms with Crippen molar-refractivity contribution in [3.05, 3.63) is 54.1 Å². The fourth-order valence-corrected chi connectivity index (χ4v) is 5.70. The molecule has 1 saturated heterocycles. The molecule has 0 bridgehead atoms. The highest BCUT2D eigenvalue weighted by Gasteiger charge is 2.35. The van der Waals surface area contributed by atoms with Gasteiger partial charge in [0.2, 0.25) is 21.8 Å². The number of nitrogens with zero attached hydrogens (tertiary/aromatic N) is 1. The van der Waals surface area contributed by atoms with Crippen LogP contribution < -0.4 is 14.9 Å². The molecule has 1 heterocycles. The lowest BCUT2D eigenvalue weighted by Crippen LogP contribution is -2.36. The summed E-state index contributed by atoms with van der Waals surface area (Å²) in [7, 11) is -3.58. The molecular formula is C24H29N3O4S. The van der Waals surface area contributed by atoms with E-state index in [9.17, 15) is 18.0 Å². The SMILES string of the molecule is Cc1cccc(N2CC(C(=O)Nc3ccc(S(=O)(=O)NC4CCCCC4)cc3)CC2=O)c1. The van der Waals surface area contributed by atoms with Gasteiger partial charge in [0.05, 0.1) is 10.8 Å². The van der Waals surface area contributed by atoms with Crippen molar-refractivity contribution >= 4 is 33.2 Å². The van der Waals surface area contributed by atoms with Crippen molar-refractivity contribution in [1.82, 2.24) is 4.72 Å². The highest BCUT2D eigenvalue weighted by Crippen LogP contribution is 2.27. The van der Waals surface area contributed by atoms with E-state index < -0.39 is 15.9 Å². The largest absolute Gasteiger partial charge is 0.326 e. The van der Waals surface area contributed by atoms with Crippen molar-refractivity contribution in [3.8, 4) is 0 Å². The Morgan fingerprint density at radius 3 is 2.44 bits per heavy atom. The maximum atomic E-state index is 12.7. The zero-order valence-electron chi connectivity index (χ0n) is 18.2. The van der Waals surface area contributed by atoms with Crippen LogP contribution in [0.25, 0.3) is 0 Å². The van der Waals surface area contributed by atoms with Crippen LogP contribution in [-0.4, -0.2) is 32.8 Å². The number of nitrogens with one attached hydrogen (secondary N) is 2. The van der Waals surface area contributed by atoms with Gasteiger partial charge in [-0.1, -0.05) is 31.4 Å². The van der Waals surface area contributed by atoms with Crippen LogP contribution in [0.5, 0.6) is 0 Å². The van der Waals surface area contributed by atoms with E-state index in [2.05, 4.69) is 10.0 Å². The van der Waals surface area contributed by atoms with E-state index in [-0.39, 0.29) is 29.2 Å². The average Bonchev–Trinajstić information content (AvgIpc) is 3.16. The predicted molar refractivity (Wildman–Crippen MR) is 124 cm³/mol. The number of hydrogen-bond acceptors (Lipinski definition) is 4. The lowest BCUT2D eigenvalue weighted by atomic mass is 9.96. The fraction of sp³-hybridized carbons (Fsp3) is 0.417. The van der Waals surface area contributed by atoms with E-state index in [0.29, 0.717) is 12.2 Å². The van der Waals surface area contributed by atoms with Gasteiger partial charge in [0, 0.05) is 30.4 Å². The molecule has 2 aromatic carbocycles. The summed E-state index contributed by atoms with van der Waals surface area (Å²) in [5, 5.41) is 2.81. The second-order valence-corrected chi connectivity index (χ2v) is 10.4. The third kappa shape index (κ3) is 5.19. The highest BCUT2D eigenvalue weighted by molar-refractivity contribution is 7.89. The minimum atomic E-state index is -3.58. The minimum absolute atomic E-state index is 0.00983. The summed E-state index contributed by atoms with van der Waals surface area (Å²) in [4.78, 5) is 27.0. The second kappa shape index (κ2) is 9.42. The van der Waals surface area contributed by atoms with Gasteiger partial charge in [0.1, 0.15) is 0 Å². The van der Waals surface area contributed by atoms with Crippen molar-refractivity contribution in [1.29, 1.82) is 0 Å². The third-order valence-corrected chi connectivity index (χ3v) is 7.70. The van der Waals surface area contributed by atoms with Gasteiger partial charge in [-0.25, -0.2) is 13.1 Å². The molecule has 2 amide bonds. The molecule has 1 atom stereocenters. The topological polar surface area (TPSA) is 95.6 Å². The van der Waals surface area contributed by atoms with Crippen LogP contribution in [-0.2, 0) is 19.6 Å². The van der Waals surface area contributed by atoms with E-state index in [1.165, 1.54) is 12.1 Å². The van der Waals surface area contributed by atoms with Gasteiger partial charge in [-0.15, -0.1) is 0 Å². The predicted octanol–water partition coefficient (Wildman–Crippen LogP) is 3.60. The van der Waals surface area contributed by atoms with Crippen LogP contribution in [0.2, 0.25) is 0 Å². The Kier molecular flexibility index (Phi) is 6.62. The Balaban J connectivity index is 1.37. The zero-order valence-corrected chi connectivity index (χ0v) is 19.0. The first-order valence-corrected chi connectivity index (χ1v) is 12.6. The summed E-state index contributed by atoms with van der Waals surface area (Å²) in [6.45, 7) is 2.29. The molecule has 170 valence electrons. The molecular weight excluding hydrogens is 426 g/mol. The normalized spacial score (nSPS) is 19.8. The Labute approximate surface area is 189 Å². The van der Waals surface area contributed by atoms with Gasteiger partial charge >= 0.3 is 0 Å². The smallest absolute Gasteiger partial charge is 0.240 e. The van der Waals surface area contributed by atoms with Gasteiger partial charge in [-0.05, 0) is 61.7 Å². The molecule has 4 rings (SSSR count). The lowest BCUT2D eigenvalue weighted by Gasteiger charge is -2.22. The van der Waals surface area contributed by atoms with Crippen molar-refractivity contribution in [3.63, 3.8) is 0 Å². The van der Waals surface area contributed by atoms with E-state index in [4.69, 9.17) is 0 Å². The van der Waals surface area contributed by atoms with Crippen LogP contribution in [0.15, 0.2) is 53.4 Å². The first-order chi connectivity index (χ1) is 15.3. The summed E-state index contributed by atoms with van der Waals surface area (Å²) in [6.07, 6.45) is 5.13. The highest BCUT2D eigenvalue weighted by atomic mass is 32.2. The van der Waals surface area contributed by atoms with E-state index in [1.54, 1.807) is 17.0 Å². The van der Waals surface area contributed by atoms with Crippen LogP contribution in [0.1, 0.15) is 44.1 Å². The van der Waals surface area contributed by atoms with E-state index in [1.807, 2.05) is 31.2 Å². The molecule has 0 spiro atoms. The number of carbonyl (C=O) groups excluding carboxylic acids is 2. The van der Waals surface area contributed by atoms with Crippen molar-refractivity contribution < 1.29 is 18.0 Å². The Morgan fingerprint density at radius 2 is 1.75 bits per heavy atom.